The highest BCUT2D eigenvalue weighted by molar-refractivity contribution is 5.95. The summed E-state index contributed by atoms with van der Waals surface area (Å²) in [5.41, 5.74) is 0.682. The van der Waals surface area contributed by atoms with Crippen LogP contribution in [-0.2, 0) is 4.74 Å². The van der Waals surface area contributed by atoms with E-state index in [0.29, 0.717) is 32.0 Å². The molecule has 2 saturated heterocycles. The Morgan fingerprint density at radius 2 is 2.00 bits per heavy atom. The molecule has 1 amide bonds. The van der Waals surface area contributed by atoms with Gasteiger partial charge in [-0.05, 0) is 19.4 Å². The minimum atomic E-state index is -0.550. The number of morpholine rings is 1. The first-order valence-electron chi connectivity index (χ1n) is 8.62. The summed E-state index contributed by atoms with van der Waals surface area (Å²) in [4.78, 5) is 27.3. The summed E-state index contributed by atoms with van der Waals surface area (Å²) in [7, 11) is 0. The van der Waals surface area contributed by atoms with Crippen molar-refractivity contribution in [1.82, 2.24) is 20.0 Å². The molecule has 2 aliphatic rings. The number of ether oxygens (including phenoxy) is 1. The summed E-state index contributed by atoms with van der Waals surface area (Å²) in [5, 5.41) is 7.79. The van der Waals surface area contributed by atoms with Crippen LogP contribution in [0.1, 0.15) is 60.5 Å². The Morgan fingerprint density at radius 1 is 1.29 bits per heavy atom. The quantitative estimate of drug-likeness (QED) is 0.886. The molecule has 2 fully saturated rings. The molecule has 0 saturated carbocycles. The van der Waals surface area contributed by atoms with Gasteiger partial charge in [0.05, 0.1) is 13.2 Å². The predicted molar refractivity (Wildman–Crippen MR) is 89.0 cm³/mol. The lowest BCUT2D eigenvalue weighted by Gasteiger charge is -2.26. The van der Waals surface area contributed by atoms with E-state index >= 15 is 0 Å². The number of rotatable bonds is 2. The molecule has 7 nitrogen and oxygen atoms in total. The zero-order valence-electron chi connectivity index (χ0n) is 14.7. The van der Waals surface area contributed by atoms with E-state index in [0.717, 1.165) is 24.9 Å². The molecule has 1 atom stereocenters. The van der Waals surface area contributed by atoms with Gasteiger partial charge in [0.2, 0.25) is 0 Å². The number of amides is 1. The van der Waals surface area contributed by atoms with E-state index in [9.17, 15) is 9.59 Å². The molecular weight excluding hydrogens is 308 g/mol. The smallest absolute Gasteiger partial charge is 0.274 e. The molecule has 2 aliphatic heterocycles. The zero-order valence-corrected chi connectivity index (χ0v) is 14.7. The van der Waals surface area contributed by atoms with Crippen molar-refractivity contribution in [3.05, 3.63) is 17.5 Å². The number of nitrogens with one attached hydrogen (secondary N) is 1. The molecule has 1 unspecified atom stereocenters. The minimum absolute atomic E-state index is 0.0894. The van der Waals surface area contributed by atoms with Gasteiger partial charge in [-0.25, -0.2) is 4.68 Å². The Kier molecular flexibility index (Phi) is 4.73. The fraction of sp³-hybridized carbons (Fsp3) is 0.706. The van der Waals surface area contributed by atoms with Gasteiger partial charge in [-0.1, -0.05) is 20.8 Å². The molecule has 0 bridgehead atoms. The van der Waals surface area contributed by atoms with Crippen molar-refractivity contribution in [2.24, 2.45) is 5.41 Å². The highest BCUT2D eigenvalue weighted by Crippen LogP contribution is 2.28. The minimum Gasteiger partial charge on any atom is -0.378 e. The molecule has 0 aromatic carbocycles. The van der Waals surface area contributed by atoms with Crippen LogP contribution in [-0.4, -0.2) is 59.3 Å². The van der Waals surface area contributed by atoms with Crippen LogP contribution in [0.25, 0.3) is 0 Å². The van der Waals surface area contributed by atoms with E-state index in [2.05, 4.69) is 10.4 Å². The third-order valence-electron chi connectivity index (χ3n) is 4.53. The fourth-order valence-electron chi connectivity index (χ4n) is 3.12. The molecule has 0 spiro atoms. The number of aromatic nitrogens is 2. The van der Waals surface area contributed by atoms with Crippen LogP contribution in [0.5, 0.6) is 0 Å². The summed E-state index contributed by atoms with van der Waals surface area (Å²) in [5.74, 6) is -0.217. The molecule has 0 radical (unpaired) electrons. The number of nitrogens with zero attached hydrogens (tertiary/aromatic N) is 3. The molecule has 1 aromatic rings. The Balaban J connectivity index is 1.94. The maximum absolute atomic E-state index is 12.9. The van der Waals surface area contributed by atoms with E-state index < -0.39 is 5.41 Å². The Bertz CT molecular complexity index is 620. The van der Waals surface area contributed by atoms with E-state index in [-0.39, 0.29) is 17.9 Å². The van der Waals surface area contributed by atoms with E-state index in [1.54, 1.807) is 11.1 Å². The second kappa shape index (κ2) is 6.64. The Labute approximate surface area is 142 Å². The van der Waals surface area contributed by atoms with Gasteiger partial charge in [0.15, 0.2) is 5.69 Å². The van der Waals surface area contributed by atoms with Gasteiger partial charge in [-0.3, -0.25) is 9.59 Å². The van der Waals surface area contributed by atoms with E-state index in [1.807, 2.05) is 20.8 Å². The normalized spacial score (nSPS) is 22.0. The van der Waals surface area contributed by atoms with Gasteiger partial charge >= 0.3 is 0 Å². The first-order chi connectivity index (χ1) is 11.4. The monoisotopic (exact) mass is 334 g/mol. The number of carbonyl (C=O) groups is 2. The Hall–Kier alpha value is -1.73. The first kappa shape index (κ1) is 17.1. The molecule has 132 valence electrons. The van der Waals surface area contributed by atoms with Gasteiger partial charge < -0.3 is 15.0 Å². The van der Waals surface area contributed by atoms with Crippen LogP contribution >= 0.6 is 0 Å². The third kappa shape index (κ3) is 3.37. The lowest BCUT2D eigenvalue weighted by molar-refractivity contribution is 0.0297. The van der Waals surface area contributed by atoms with Crippen LogP contribution in [0, 0.1) is 5.41 Å². The molecule has 3 rings (SSSR count). The summed E-state index contributed by atoms with van der Waals surface area (Å²) in [6.45, 7) is 8.71. The third-order valence-corrected chi connectivity index (χ3v) is 4.53. The topological polar surface area (TPSA) is 76.5 Å². The van der Waals surface area contributed by atoms with Crippen molar-refractivity contribution in [2.45, 2.75) is 39.7 Å². The fourth-order valence-corrected chi connectivity index (χ4v) is 3.12. The number of hydrogen-bond acceptors (Lipinski definition) is 5. The molecule has 0 aliphatic carbocycles. The van der Waals surface area contributed by atoms with Crippen molar-refractivity contribution in [1.29, 1.82) is 0 Å². The van der Waals surface area contributed by atoms with Crippen LogP contribution in [0.2, 0.25) is 0 Å². The van der Waals surface area contributed by atoms with Crippen molar-refractivity contribution in [3.63, 3.8) is 0 Å². The van der Waals surface area contributed by atoms with Crippen molar-refractivity contribution in [3.8, 4) is 0 Å². The van der Waals surface area contributed by atoms with Crippen LogP contribution in [0.4, 0.5) is 0 Å². The largest absolute Gasteiger partial charge is 0.378 e. The van der Waals surface area contributed by atoms with Gasteiger partial charge in [0, 0.05) is 36.3 Å². The molecule has 24 heavy (non-hydrogen) atoms. The molecular formula is C17H26N4O3. The standard InChI is InChI=1S/C17H26N4O3/c1-17(2,3)16(23)21-11-12(13-5-4-6-18-13)14(19-21)15(22)20-7-9-24-10-8-20/h11,13,18H,4-10H2,1-3H3. The predicted octanol–water partition coefficient (Wildman–Crippen LogP) is 1.47. The second-order valence-electron chi connectivity index (χ2n) is 7.49. The van der Waals surface area contributed by atoms with Crippen molar-refractivity contribution >= 4 is 11.8 Å². The van der Waals surface area contributed by atoms with E-state index in [4.69, 9.17) is 4.74 Å². The first-order valence-corrected chi connectivity index (χ1v) is 8.62. The highest BCUT2D eigenvalue weighted by Gasteiger charge is 2.32. The molecule has 3 heterocycles. The summed E-state index contributed by atoms with van der Waals surface area (Å²) in [6.07, 6.45) is 3.76. The maximum atomic E-state index is 12.9. The lowest BCUT2D eigenvalue weighted by Crippen LogP contribution is -2.41. The summed E-state index contributed by atoms with van der Waals surface area (Å²) >= 11 is 0. The maximum Gasteiger partial charge on any atom is 0.274 e. The molecule has 1 N–H and O–H groups in total. The lowest BCUT2D eigenvalue weighted by atomic mass is 9.96. The number of hydrogen-bond donors (Lipinski definition) is 1. The average molecular weight is 334 g/mol. The van der Waals surface area contributed by atoms with E-state index in [1.165, 1.54) is 4.68 Å². The number of carbonyl (C=O) groups excluding carboxylic acids is 2. The second-order valence-corrected chi connectivity index (χ2v) is 7.49. The van der Waals surface area contributed by atoms with Crippen LogP contribution < -0.4 is 5.32 Å². The van der Waals surface area contributed by atoms with Crippen molar-refractivity contribution in [2.75, 3.05) is 32.8 Å². The van der Waals surface area contributed by atoms with Gasteiger partial charge in [0.25, 0.3) is 11.8 Å². The van der Waals surface area contributed by atoms with Gasteiger partial charge in [-0.15, -0.1) is 0 Å². The summed E-state index contributed by atoms with van der Waals surface area (Å²) < 4.78 is 6.67. The molecule has 1 aromatic heterocycles. The Morgan fingerprint density at radius 3 is 2.58 bits per heavy atom. The van der Waals surface area contributed by atoms with Gasteiger partial charge in [-0.2, -0.15) is 5.10 Å². The summed E-state index contributed by atoms with van der Waals surface area (Å²) in [6, 6.07) is 0.0894. The van der Waals surface area contributed by atoms with Gasteiger partial charge in [0.1, 0.15) is 0 Å². The zero-order chi connectivity index (χ0) is 17.3. The van der Waals surface area contributed by atoms with Crippen LogP contribution in [0.15, 0.2) is 6.20 Å². The average Bonchev–Trinajstić information content (AvgIpc) is 3.22. The SMILES string of the molecule is CC(C)(C)C(=O)n1cc(C2CCCN2)c(C(=O)N2CCOCC2)n1. The van der Waals surface area contributed by atoms with Crippen LogP contribution in [0.3, 0.4) is 0 Å². The van der Waals surface area contributed by atoms with Crippen molar-refractivity contribution < 1.29 is 14.3 Å². The molecule has 7 heteroatoms. The highest BCUT2D eigenvalue weighted by atomic mass is 16.5.